The van der Waals surface area contributed by atoms with Gasteiger partial charge in [-0.1, -0.05) is 38.1 Å². The molecule has 0 saturated heterocycles. The summed E-state index contributed by atoms with van der Waals surface area (Å²) in [4.78, 5) is 16.4. The van der Waals surface area contributed by atoms with Gasteiger partial charge >= 0.3 is 6.18 Å². The van der Waals surface area contributed by atoms with E-state index in [2.05, 4.69) is 16.4 Å². The number of alkyl halides is 3. The number of aromatic nitrogens is 1. The van der Waals surface area contributed by atoms with Crippen molar-refractivity contribution in [3.05, 3.63) is 54.1 Å². The Hall–Kier alpha value is -3.09. The largest absolute Gasteiger partial charge is 0.416 e. The zero-order valence-corrected chi connectivity index (χ0v) is 14.7. The van der Waals surface area contributed by atoms with Crippen molar-refractivity contribution in [1.29, 1.82) is 0 Å². The summed E-state index contributed by atoms with van der Waals surface area (Å²) in [6.07, 6.45) is -4.53. The number of amides is 1. The molecule has 3 rings (SSSR count). The van der Waals surface area contributed by atoms with E-state index in [1.807, 2.05) is 0 Å². The van der Waals surface area contributed by atoms with Crippen LogP contribution in [0.2, 0.25) is 0 Å². The number of halogens is 3. The first-order valence-electron chi connectivity index (χ1n) is 8.26. The second-order valence-corrected chi connectivity index (χ2v) is 6.43. The molecule has 139 valence electrons. The van der Waals surface area contributed by atoms with Crippen molar-refractivity contribution in [2.45, 2.75) is 20.0 Å². The summed E-state index contributed by atoms with van der Waals surface area (Å²) in [6, 6.07) is 13.1. The van der Waals surface area contributed by atoms with Crippen LogP contribution in [0.25, 0.3) is 22.0 Å². The van der Waals surface area contributed by atoms with Crippen LogP contribution in [-0.2, 0) is 11.0 Å². The Morgan fingerprint density at radius 1 is 1.19 bits per heavy atom. The Morgan fingerprint density at radius 3 is 2.59 bits per heavy atom. The first kappa shape index (κ1) is 18.7. The standard InChI is InChI=1S/C20H17F3N3O/c1-11(2)19(27)26-17-10-13(20(21,22)23)7-8-14(17)15-9-12-5-3-4-6-16(12)25-18(15)24/h3-5,7-11H,1-2H3,(H2,24,25)(H,26,27). The van der Waals surface area contributed by atoms with Gasteiger partial charge in [0.25, 0.3) is 0 Å². The smallest absolute Gasteiger partial charge is 0.383 e. The molecular weight excluding hydrogens is 355 g/mol. The van der Waals surface area contributed by atoms with Gasteiger partial charge < -0.3 is 11.1 Å². The predicted octanol–water partition coefficient (Wildman–Crippen LogP) is 4.90. The summed E-state index contributed by atoms with van der Waals surface area (Å²) in [5.74, 6) is -0.643. The third-order valence-electron chi connectivity index (χ3n) is 4.09. The normalized spacial score (nSPS) is 11.8. The van der Waals surface area contributed by atoms with Crippen molar-refractivity contribution < 1.29 is 18.0 Å². The maximum Gasteiger partial charge on any atom is 0.416 e. The summed E-state index contributed by atoms with van der Waals surface area (Å²) in [6.45, 7) is 3.31. The highest BCUT2D eigenvalue weighted by atomic mass is 19.4. The lowest BCUT2D eigenvalue weighted by atomic mass is 9.99. The molecule has 3 aromatic rings. The number of carbonyl (C=O) groups excluding carboxylic acids is 1. The van der Waals surface area contributed by atoms with Crippen LogP contribution in [0.15, 0.2) is 42.5 Å². The molecule has 0 aliphatic rings. The summed E-state index contributed by atoms with van der Waals surface area (Å²) in [7, 11) is 0. The van der Waals surface area contributed by atoms with E-state index >= 15 is 0 Å². The molecule has 1 amide bonds. The highest BCUT2D eigenvalue weighted by Gasteiger charge is 2.31. The Kier molecular flexibility index (Phi) is 4.78. The monoisotopic (exact) mass is 372 g/mol. The third-order valence-corrected chi connectivity index (χ3v) is 4.09. The van der Waals surface area contributed by atoms with E-state index < -0.39 is 23.6 Å². The number of pyridine rings is 1. The van der Waals surface area contributed by atoms with Gasteiger partial charge in [0.05, 0.1) is 11.1 Å². The first-order chi connectivity index (χ1) is 12.7. The minimum absolute atomic E-state index is 0.0382. The topological polar surface area (TPSA) is 68.0 Å². The maximum absolute atomic E-state index is 13.1. The van der Waals surface area contributed by atoms with Gasteiger partial charge in [-0.3, -0.25) is 4.79 Å². The summed E-state index contributed by atoms with van der Waals surface area (Å²) < 4.78 is 39.4. The van der Waals surface area contributed by atoms with Gasteiger partial charge in [-0.05, 0) is 18.2 Å². The second kappa shape index (κ2) is 6.90. The molecule has 1 radical (unpaired) electrons. The zero-order valence-electron chi connectivity index (χ0n) is 14.7. The maximum atomic E-state index is 13.1. The number of rotatable bonds is 3. The van der Waals surface area contributed by atoms with Crippen molar-refractivity contribution in [2.75, 3.05) is 11.1 Å². The molecule has 0 saturated carbocycles. The molecule has 1 aromatic heterocycles. The lowest BCUT2D eigenvalue weighted by molar-refractivity contribution is -0.137. The molecule has 7 heteroatoms. The number of nitrogens with zero attached hydrogens (tertiary/aromatic N) is 1. The number of fused-ring (bicyclic) bond motifs is 1. The fourth-order valence-electron chi connectivity index (χ4n) is 2.62. The van der Waals surface area contributed by atoms with Crippen molar-refractivity contribution in [3.63, 3.8) is 0 Å². The molecule has 0 bridgehead atoms. The molecular formula is C20H17F3N3O. The summed E-state index contributed by atoms with van der Waals surface area (Å²) in [5.41, 5.74) is 6.58. The van der Waals surface area contributed by atoms with Crippen molar-refractivity contribution in [3.8, 4) is 11.1 Å². The van der Waals surface area contributed by atoms with Gasteiger partial charge in [0.15, 0.2) is 0 Å². The van der Waals surface area contributed by atoms with Gasteiger partial charge in [-0.25, -0.2) is 4.98 Å². The van der Waals surface area contributed by atoms with Gasteiger partial charge in [0, 0.05) is 34.2 Å². The number of anilines is 2. The van der Waals surface area contributed by atoms with Crippen molar-refractivity contribution in [2.24, 2.45) is 5.92 Å². The number of hydrogen-bond donors (Lipinski definition) is 2. The average Bonchev–Trinajstić information content (AvgIpc) is 2.60. The van der Waals surface area contributed by atoms with Crippen LogP contribution in [0.3, 0.4) is 0 Å². The Labute approximate surface area is 154 Å². The van der Waals surface area contributed by atoms with Crippen LogP contribution in [0.5, 0.6) is 0 Å². The van der Waals surface area contributed by atoms with E-state index in [-0.39, 0.29) is 11.5 Å². The van der Waals surface area contributed by atoms with Crippen molar-refractivity contribution in [1.82, 2.24) is 4.98 Å². The number of nitrogens with two attached hydrogens (primary N) is 1. The molecule has 0 aliphatic carbocycles. The molecule has 4 nitrogen and oxygen atoms in total. The second-order valence-electron chi connectivity index (χ2n) is 6.43. The van der Waals surface area contributed by atoms with E-state index in [9.17, 15) is 18.0 Å². The van der Waals surface area contributed by atoms with E-state index in [0.717, 1.165) is 17.5 Å². The zero-order chi connectivity index (χ0) is 19.8. The molecule has 0 spiro atoms. The molecule has 0 aliphatic heterocycles. The van der Waals surface area contributed by atoms with Crippen LogP contribution in [0, 0.1) is 12.0 Å². The van der Waals surface area contributed by atoms with Gasteiger partial charge in [0.2, 0.25) is 5.91 Å². The fourth-order valence-corrected chi connectivity index (χ4v) is 2.62. The number of hydrogen-bond acceptors (Lipinski definition) is 3. The summed E-state index contributed by atoms with van der Waals surface area (Å²) >= 11 is 0. The van der Waals surface area contributed by atoms with Gasteiger partial charge in [0.1, 0.15) is 5.82 Å². The third kappa shape index (κ3) is 3.86. The number of para-hydroxylation sites is 1. The Morgan fingerprint density at radius 2 is 1.93 bits per heavy atom. The molecule has 0 unspecified atom stereocenters. The highest BCUT2D eigenvalue weighted by Crippen LogP contribution is 2.38. The minimum Gasteiger partial charge on any atom is -0.383 e. The molecule has 2 aromatic carbocycles. The van der Waals surface area contributed by atoms with Crippen LogP contribution in [0.4, 0.5) is 24.7 Å². The lowest BCUT2D eigenvalue weighted by Crippen LogP contribution is -2.19. The van der Waals surface area contributed by atoms with Crippen LogP contribution in [0.1, 0.15) is 19.4 Å². The van der Waals surface area contributed by atoms with Crippen LogP contribution >= 0.6 is 0 Å². The average molecular weight is 372 g/mol. The number of benzene rings is 2. The predicted molar refractivity (Wildman–Crippen MR) is 98.9 cm³/mol. The van der Waals surface area contributed by atoms with Gasteiger partial charge in [-0.2, -0.15) is 13.2 Å². The number of carbonyl (C=O) groups is 1. The first-order valence-corrected chi connectivity index (χ1v) is 8.26. The molecule has 1 heterocycles. The fraction of sp³-hybridized carbons (Fsp3) is 0.200. The van der Waals surface area contributed by atoms with Crippen LogP contribution in [-0.4, -0.2) is 10.9 Å². The molecule has 3 N–H and O–H groups in total. The summed E-state index contributed by atoms with van der Waals surface area (Å²) in [5, 5.41) is 3.30. The quantitative estimate of drug-likeness (QED) is 0.687. The van der Waals surface area contributed by atoms with Crippen LogP contribution < -0.4 is 11.1 Å². The highest BCUT2D eigenvalue weighted by molar-refractivity contribution is 5.99. The van der Waals surface area contributed by atoms with E-state index in [4.69, 9.17) is 5.73 Å². The number of nitrogens with one attached hydrogen (secondary N) is 1. The Bertz CT molecular complexity index is 1010. The Balaban J connectivity index is 2.19. The lowest BCUT2D eigenvalue weighted by Gasteiger charge is -2.17. The van der Waals surface area contributed by atoms with E-state index in [1.165, 1.54) is 6.07 Å². The molecule has 0 fully saturated rings. The van der Waals surface area contributed by atoms with E-state index in [0.29, 0.717) is 16.6 Å². The van der Waals surface area contributed by atoms with E-state index in [1.54, 1.807) is 38.1 Å². The molecule has 0 atom stereocenters. The minimum atomic E-state index is -4.53. The number of nitrogen functional groups attached to an aromatic ring is 1. The molecule has 27 heavy (non-hydrogen) atoms. The SMILES string of the molecule is CC(C)C(=O)Nc1cc(C(F)(F)F)ccc1-c1cc2ccc[c]c2nc1N. The van der Waals surface area contributed by atoms with Crippen molar-refractivity contribution >= 4 is 28.3 Å². The van der Waals surface area contributed by atoms with Gasteiger partial charge in [-0.15, -0.1) is 0 Å².